The SMILES string of the molecule is C1=CCC=C(c2nc(C3CCCNC3)no2)C=C1. The Morgan fingerprint density at radius 2 is 2.33 bits per heavy atom. The Morgan fingerprint density at radius 3 is 3.22 bits per heavy atom. The molecule has 0 bridgehead atoms. The Bertz CT molecular complexity index is 493. The summed E-state index contributed by atoms with van der Waals surface area (Å²) in [6.07, 6.45) is 13.5. The summed E-state index contributed by atoms with van der Waals surface area (Å²) in [6.45, 7) is 2.05. The summed E-state index contributed by atoms with van der Waals surface area (Å²) in [5.74, 6) is 1.86. The van der Waals surface area contributed by atoms with E-state index < -0.39 is 0 Å². The van der Waals surface area contributed by atoms with Crippen molar-refractivity contribution < 1.29 is 4.52 Å². The van der Waals surface area contributed by atoms with Crippen molar-refractivity contribution in [2.24, 2.45) is 0 Å². The first-order valence-corrected chi connectivity index (χ1v) is 6.51. The van der Waals surface area contributed by atoms with Crippen molar-refractivity contribution >= 4 is 5.57 Å². The summed E-state index contributed by atoms with van der Waals surface area (Å²) >= 11 is 0. The van der Waals surface area contributed by atoms with Gasteiger partial charge in [-0.15, -0.1) is 0 Å². The van der Waals surface area contributed by atoms with E-state index in [0.29, 0.717) is 11.8 Å². The predicted octanol–water partition coefficient (Wildman–Crippen LogP) is 2.44. The van der Waals surface area contributed by atoms with Crippen molar-refractivity contribution in [3.63, 3.8) is 0 Å². The fraction of sp³-hybridized carbons (Fsp3) is 0.429. The molecule has 1 aromatic heterocycles. The van der Waals surface area contributed by atoms with Gasteiger partial charge < -0.3 is 9.84 Å². The number of aromatic nitrogens is 2. The zero-order valence-corrected chi connectivity index (χ0v) is 10.3. The van der Waals surface area contributed by atoms with Crippen LogP contribution in [0.15, 0.2) is 34.9 Å². The minimum Gasteiger partial charge on any atom is -0.334 e. The van der Waals surface area contributed by atoms with Gasteiger partial charge in [-0.2, -0.15) is 4.98 Å². The third-order valence-corrected chi connectivity index (χ3v) is 3.35. The minimum absolute atomic E-state index is 0.393. The predicted molar refractivity (Wildman–Crippen MR) is 70.0 cm³/mol. The lowest BCUT2D eigenvalue weighted by Gasteiger charge is -2.19. The van der Waals surface area contributed by atoms with Crippen molar-refractivity contribution in [3.05, 3.63) is 42.1 Å². The molecule has 1 aliphatic carbocycles. The summed E-state index contributed by atoms with van der Waals surface area (Å²) in [5.41, 5.74) is 1.02. The largest absolute Gasteiger partial charge is 0.334 e. The molecule has 4 nitrogen and oxygen atoms in total. The van der Waals surface area contributed by atoms with Crippen molar-refractivity contribution in [1.82, 2.24) is 15.5 Å². The van der Waals surface area contributed by atoms with Crippen molar-refractivity contribution in [2.45, 2.75) is 25.2 Å². The fourth-order valence-electron chi connectivity index (χ4n) is 2.33. The van der Waals surface area contributed by atoms with Gasteiger partial charge in [0, 0.05) is 18.0 Å². The van der Waals surface area contributed by atoms with Gasteiger partial charge in [0.25, 0.3) is 5.89 Å². The first kappa shape index (κ1) is 11.4. The Balaban J connectivity index is 1.78. The Morgan fingerprint density at radius 1 is 1.33 bits per heavy atom. The second kappa shape index (κ2) is 5.31. The molecule has 1 N–H and O–H groups in total. The van der Waals surface area contributed by atoms with Gasteiger partial charge in [0.15, 0.2) is 5.82 Å². The van der Waals surface area contributed by atoms with E-state index in [1.165, 1.54) is 6.42 Å². The van der Waals surface area contributed by atoms with Crippen LogP contribution >= 0.6 is 0 Å². The van der Waals surface area contributed by atoms with E-state index in [-0.39, 0.29) is 0 Å². The van der Waals surface area contributed by atoms with Crippen LogP contribution in [-0.4, -0.2) is 23.2 Å². The van der Waals surface area contributed by atoms with Crippen LogP contribution in [0.5, 0.6) is 0 Å². The molecule has 0 saturated carbocycles. The lowest BCUT2D eigenvalue weighted by atomic mass is 9.99. The van der Waals surface area contributed by atoms with E-state index in [1.54, 1.807) is 0 Å². The van der Waals surface area contributed by atoms with Crippen molar-refractivity contribution in [3.8, 4) is 0 Å². The topological polar surface area (TPSA) is 51.0 Å². The van der Waals surface area contributed by atoms with Crippen LogP contribution in [0.3, 0.4) is 0 Å². The normalized spacial score (nSPS) is 23.8. The molecule has 1 aromatic rings. The summed E-state index contributed by atoms with van der Waals surface area (Å²) in [6, 6.07) is 0. The van der Waals surface area contributed by atoms with E-state index in [0.717, 1.165) is 37.3 Å². The lowest BCUT2D eigenvalue weighted by molar-refractivity contribution is 0.380. The fourth-order valence-corrected chi connectivity index (χ4v) is 2.33. The van der Waals surface area contributed by atoms with Crippen LogP contribution in [0.1, 0.15) is 36.9 Å². The maximum Gasteiger partial charge on any atom is 0.257 e. The van der Waals surface area contributed by atoms with Crippen LogP contribution in [0.2, 0.25) is 0 Å². The van der Waals surface area contributed by atoms with Gasteiger partial charge >= 0.3 is 0 Å². The smallest absolute Gasteiger partial charge is 0.257 e. The lowest BCUT2D eigenvalue weighted by Crippen LogP contribution is -2.28. The van der Waals surface area contributed by atoms with Gasteiger partial charge in [0.05, 0.1) is 0 Å². The molecule has 0 aromatic carbocycles. The van der Waals surface area contributed by atoms with Gasteiger partial charge in [0.1, 0.15) is 0 Å². The first-order chi connectivity index (χ1) is 8.93. The number of rotatable bonds is 2. The number of nitrogens with zero attached hydrogens (tertiary/aromatic N) is 2. The monoisotopic (exact) mass is 243 g/mol. The molecule has 0 spiro atoms. The minimum atomic E-state index is 0.393. The van der Waals surface area contributed by atoms with E-state index in [2.05, 4.69) is 27.6 Å². The molecular formula is C14H17N3O. The van der Waals surface area contributed by atoms with Gasteiger partial charge in [-0.25, -0.2) is 0 Å². The first-order valence-electron chi connectivity index (χ1n) is 6.51. The molecule has 1 atom stereocenters. The van der Waals surface area contributed by atoms with Crippen LogP contribution in [-0.2, 0) is 0 Å². The quantitative estimate of drug-likeness (QED) is 0.866. The number of hydrogen-bond donors (Lipinski definition) is 1. The Kier molecular flexibility index (Phi) is 3.37. The molecule has 1 unspecified atom stereocenters. The summed E-state index contributed by atoms with van der Waals surface area (Å²) in [4.78, 5) is 4.53. The van der Waals surface area contributed by atoms with Crippen LogP contribution in [0, 0.1) is 0 Å². The average Bonchev–Trinajstić information content (AvgIpc) is 2.76. The standard InChI is InChI=1S/C14H17N3O/c1-2-4-7-11(6-3-1)14-16-13(17-18-14)12-8-5-9-15-10-12/h1-3,6-7,12,15H,4-5,8-10H2. The van der Waals surface area contributed by atoms with E-state index in [4.69, 9.17) is 4.52 Å². The summed E-state index contributed by atoms with van der Waals surface area (Å²) < 4.78 is 5.38. The maximum atomic E-state index is 5.38. The van der Waals surface area contributed by atoms with E-state index in [1.807, 2.05) is 18.2 Å². The molecule has 1 saturated heterocycles. The van der Waals surface area contributed by atoms with Gasteiger partial charge in [-0.05, 0) is 31.9 Å². The highest BCUT2D eigenvalue weighted by molar-refractivity contribution is 5.69. The third-order valence-electron chi connectivity index (χ3n) is 3.35. The number of piperidine rings is 1. The highest BCUT2D eigenvalue weighted by atomic mass is 16.5. The molecule has 2 heterocycles. The molecule has 3 rings (SSSR count). The molecule has 0 radical (unpaired) electrons. The Hall–Kier alpha value is -1.68. The van der Waals surface area contributed by atoms with E-state index in [9.17, 15) is 0 Å². The van der Waals surface area contributed by atoms with Crippen LogP contribution in [0.4, 0.5) is 0 Å². The van der Waals surface area contributed by atoms with Gasteiger partial charge in [0.2, 0.25) is 0 Å². The second-order valence-corrected chi connectivity index (χ2v) is 4.68. The molecule has 1 fully saturated rings. The second-order valence-electron chi connectivity index (χ2n) is 4.68. The number of nitrogens with one attached hydrogen (secondary N) is 1. The highest BCUT2D eigenvalue weighted by Gasteiger charge is 2.21. The average molecular weight is 243 g/mol. The molecule has 0 amide bonds. The molecule has 2 aliphatic rings. The van der Waals surface area contributed by atoms with Crippen molar-refractivity contribution in [2.75, 3.05) is 13.1 Å². The van der Waals surface area contributed by atoms with E-state index >= 15 is 0 Å². The molecule has 94 valence electrons. The maximum absolute atomic E-state index is 5.38. The molecule has 1 aliphatic heterocycles. The third kappa shape index (κ3) is 2.43. The highest BCUT2D eigenvalue weighted by Crippen LogP contribution is 2.23. The molecular weight excluding hydrogens is 226 g/mol. The van der Waals surface area contributed by atoms with Crippen LogP contribution in [0.25, 0.3) is 5.57 Å². The zero-order valence-electron chi connectivity index (χ0n) is 10.3. The van der Waals surface area contributed by atoms with Gasteiger partial charge in [-0.1, -0.05) is 29.5 Å². The Labute approximate surface area is 106 Å². The number of hydrogen-bond acceptors (Lipinski definition) is 4. The van der Waals surface area contributed by atoms with Gasteiger partial charge in [-0.3, -0.25) is 0 Å². The van der Waals surface area contributed by atoms with Crippen LogP contribution < -0.4 is 5.32 Å². The summed E-state index contributed by atoms with van der Waals surface area (Å²) in [5, 5.41) is 7.50. The molecule has 18 heavy (non-hydrogen) atoms. The zero-order chi connectivity index (χ0) is 12.2. The molecule has 4 heteroatoms. The van der Waals surface area contributed by atoms with Crippen molar-refractivity contribution in [1.29, 1.82) is 0 Å². The summed E-state index contributed by atoms with van der Waals surface area (Å²) in [7, 11) is 0. The number of allylic oxidation sites excluding steroid dienone is 6.